The van der Waals surface area contributed by atoms with Gasteiger partial charge in [0.15, 0.2) is 0 Å². The van der Waals surface area contributed by atoms with Crippen LogP contribution in [0.15, 0.2) is 88.9 Å². The van der Waals surface area contributed by atoms with Crippen LogP contribution in [0.3, 0.4) is 0 Å². The van der Waals surface area contributed by atoms with E-state index < -0.39 is 21.2 Å². The van der Waals surface area contributed by atoms with Crippen molar-refractivity contribution in [2.75, 3.05) is 57.2 Å². The third-order valence-corrected chi connectivity index (χ3v) is 10.9. The fourth-order valence-electron chi connectivity index (χ4n) is 6.46. The van der Waals surface area contributed by atoms with E-state index in [1.54, 1.807) is 47.6 Å². The van der Waals surface area contributed by atoms with E-state index in [1.807, 2.05) is 19.1 Å². The van der Waals surface area contributed by atoms with Gasteiger partial charge in [-0.05, 0) is 55.0 Å². The van der Waals surface area contributed by atoms with Crippen LogP contribution < -0.4 is 24.4 Å². The van der Waals surface area contributed by atoms with Gasteiger partial charge in [0.25, 0.3) is 0 Å². The average molecular weight is 691 g/mol. The van der Waals surface area contributed by atoms with Gasteiger partial charge in [0.2, 0.25) is 21.7 Å². The SMILES string of the molecule is CCOc1ccccc1C1(CC(=O)N2CCN(c3ccncc3)CC2)C(=O)Nc2c1cc(Cl)cc2S(=O)(=O)c1ccc(OC)cc1OC. The van der Waals surface area contributed by atoms with Crippen molar-refractivity contribution in [1.82, 2.24) is 9.88 Å². The van der Waals surface area contributed by atoms with E-state index in [9.17, 15) is 18.0 Å². The Balaban J connectivity index is 1.46. The zero-order chi connectivity index (χ0) is 34.1. The standard InChI is InChI=1S/C35H35ClN4O7S/c1-4-47-28-8-6-5-7-26(28)35(22-32(41)40-17-15-39(16-18-40)24-11-13-37-14-12-24)27-19-23(36)20-31(33(27)38-34(35)42)48(43,44)30-10-9-25(45-2)21-29(30)46-3/h5-14,19-21H,4,15-18,22H2,1-3H3,(H,38,42). The molecule has 1 fully saturated rings. The lowest BCUT2D eigenvalue weighted by Gasteiger charge is -2.38. The molecular formula is C35H35ClN4O7S. The highest BCUT2D eigenvalue weighted by Gasteiger charge is 2.53. The second-order valence-electron chi connectivity index (χ2n) is 11.4. The molecule has 0 radical (unpaired) electrons. The molecule has 3 aromatic carbocycles. The number of piperazine rings is 1. The number of methoxy groups -OCH3 is 2. The third-order valence-electron chi connectivity index (χ3n) is 8.83. The first kappa shape index (κ1) is 33.1. The van der Waals surface area contributed by atoms with Crippen LogP contribution in [0.2, 0.25) is 5.02 Å². The lowest BCUT2D eigenvalue weighted by Crippen LogP contribution is -2.51. The van der Waals surface area contributed by atoms with E-state index in [-0.39, 0.29) is 44.1 Å². The van der Waals surface area contributed by atoms with Gasteiger partial charge < -0.3 is 29.3 Å². The summed E-state index contributed by atoms with van der Waals surface area (Å²) in [6, 6.07) is 18.0. The topological polar surface area (TPSA) is 127 Å². The number of hydrogen-bond donors (Lipinski definition) is 1. The third kappa shape index (κ3) is 5.79. The number of rotatable bonds is 10. The molecule has 2 amide bonds. The van der Waals surface area contributed by atoms with Crippen molar-refractivity contribution in [2.45, 2.75) is 28.6 Å². The van der Waals surface area contributed by atoms with Crippen molar-refractivity contribution in [2.24, 2.45) is 0 Å². The molecule has 48 heavy (non-hydrogen) atoms. The highest BCUT2D eigenvalue weighted by molar-refractivity contribution is 7.91. The van der Waals surface area contributed by atoms with Crippen molar-refractivity contribution in [3.05, 3.63) is 95.3 Å². The van der Waals surface area contributed by atoms with Crippen LogP contribution in [0.4, 0.5) is 11.4 Å². The van der Waals surface area contributed by atoms with Crippen LogP contribution in [-0.2, 0) is 24.8 Å². The number of nitrogens with zero attached hydrogens (tertiary/aromatic N) is 3. The van der Waals surface area contributed by atoms with Crippen LogP contribution in [0, 0.1) is 0 Å². The first-order valence-electron chi connectivity index (χ1n) is 15.4. The quantitative estimate of drug-likeness (QED) is 0.246. The molecular weight excluding hydrogens is 656 g/mol. The fraction of sp³-hybridized carbons (Fsp3) is 0.286. The summed E-state index contributed by atoms with van der Waals surface area (Å²) in [4.78, 5) is 36.3. The van der Waals surface area contributed by atoms with Gasteiger partial charge in [-0.15, -0.1) is 0 Å². The summed E-state index contributed by atoms with van der Waals surface area (Å²) in [5.74, 6) is 0.0387. The lowest BCUT2D eigenvalue weighted by atomic mass is 9.72. The first-order chi connectivity index (χ1) is 23.1. The molecule has 1 unspecified atom stereocenters. The minimum atomic E-state index is -4.33. The number of carbonyl (C=O) groups is 2. The second-order valence-corrected chi connectivity index (χ2v) is 13.7. The number of halogens is 1. The number of fused-ring (bicyclic) bond motifs is 1. The van der Waals surface area contributed by atoms with Gasteiger partial charge in [0.05, 0.1) is 31.4 Å². The number of para-hydroxylation sites is 1. The summed E-state index contributed by atoms with van der Waals surface area (Å²) >= 11 is 6.67. The fourth-order valence-corrected chi connectivity index (χ4v) is 8.35. The number of sulfone groups is 1. The van der Waals surface area contributed by atoms with Gasteiger partial charge in [0, 0.05) is 67.3 Å². The summed E-state index contributed by atoms with van der Waals surface area (Å²) < 4.78 is 45.3. The van der Waals surface area contributed by atoms with Crippen molar-refractivity contribution in [3.8, 4) is 17.2 Å². The van der Waals surface area contributed by atoms with Gasteiger partial charge in [-0.25, -0.2) is 8.42 Å². The van der Waals surface area contributed by atoms with Crippen molar-refractivity contribution in [3.63, 3.8) is 0 Å². The summed E-state index contributed by atoms with van der Waals surface area (Å²) in [6.45, 7) is 4.19. The Morgan fingerprint density at radius 3 is 2.33 bits per heavy atom. The van der Waals surface area contributed by atoms with Crippen molar-refractivity contribution < 1.29 is 32.2 Å². The maximum Gasteiger partial charge on any atom is 0.240 e. The van der Waals surface area contributed by atoms with Gasteiger partial charge in [-0.1, -0.05) is 29.8 Å². The molecule has 1 saturated heterocycles. The number of anilines is 2. The molecule has 13 heteroatoms. The Bertz CT molecular complexity index is 1970. The predicted octanol–water partition coefficient (Wildman–Crippen LogP) is 4.96. The summed E-state index contributed by atoms with van der Waals surface area (Å²) in [6.07, 6.45) is 3.18. The van der Waals surface area contributed by atoms with E-state index in [2.05, 4.69) is 15.2 Å². The lowest BCUT2D eigenvalue weighted by molar-refractivity contribution is -0.135. The van der Waals surface area contributed by atoms with Crippen molar-refractivity contribution in [1.29, 1.82) is 0 Å². The Morgan fingerprint density at radius 1 is 0.917 bits per heavy atom. The number of pyridine rings is 1. The molecule has 3 heterocycles. The maximum absolute atomic E-state index is 14.5. The molecule has 4 aromatic rings. The Kier molecular flexibility index (Phi) is 9.22. The molecule has 6 rings (SSSR count). The van der Waals surface area contributed by atoms with E-state index in [0.29, 0.717) is 49.8 Å². The highest BCUT2D eigenvalue weighted by Crippen LogP contribution is 2.52. The van der Waals surface area contributed by atoms with E-state index >= 15 is 0 Å². The minimum Gasteiger partial charge on any atom is -0.497 e. The van der Waals surface area contributed by atoms with Crippen molar-refractivity contribution >= 4 is 44.6 Å². The number of ether oxygens (including phenoxy) is 3. The molecule has 0 saturated carbocycles. The molecule has 0 aliphatic carbocycles. The number of benzene rings is 3. The Labute approximate surface area is 284 Å². The molecule has 2 aliphatic rings. The van der Waals surface area contributed by atoms with Gasteiger partial charge in [0.1, 0.15) is 27.6 Å². The first-order valence-corrected chi connectivity index (χ1v) is 17.3. The zero-order valence-electron chi connectivity index (χ0n) is 26.7. The largest absolute Gasteiger partial charge is 0.497 e. The Morgan fingerprint density at radius 2 is 1.65 bits per heavy atom. The van der Waals surface area contributed by atoms with Gasteiger partial charge in [-0.2, -0.15) is 0 Å². The zero-order valence-corrected chi connectivity index (χ0v) is 28.3. The number of aromatic nitrogens is 1. The molecule has 250 valence electrons. The molecule has 1 atom stereocenters. The van der Waals surface area contributed by atoms with Crippen LogP contribution in [-0.4, -0.2) is 77.1 Å². The molecule has 1 aromatic heterocycles. The number of hydrogen-bond acceptors (Lipinski definition) is 9. The van der Waals surface area contributed by atoms with Crippen LogP contribution in [0.1, 0.15) is 24.5 Å². The maximum atomic E-state index is 14.5. The van der Waals surface area contributed by atoms with E-state index in [0.717, 1.165) is 5.69 Å². The van der Waals surface area contributed by atoms with Gasteiger partial charge >= 0.3 is 0 Å². The highest BCUT2D eigenvalue weighted by atomic mass is 35.5. The van der Waals surface area contributed by atoms with E-state index in [4.69, 9.17) is 25.8 Å². The molecule has 11 nitrogen and oxygen atoms in total. The number of amides is 2. The monoisotopic (exact) mass is 690 g/mol. The molecule has 0 spiro atoms. The summed E-state index contributed by atoms with van der Waals surface area (Å²) in [5, 5.41) is 2.92. The van der Waals surface area contributed by atoms with Crippen LogP contribution >= 0.6 is 11.6 Å². The predicted molar refractivity (Wildman–Crippen MR) is 181 cm³/mol. The summed E-state index contributed by atoms with van der Waals surface area (Å²) in [5.41, 5.74) is 0.102. The molecule has 2 aliphatic heterocycles. The van der Waals surface area contributed by atoms with E-state index in [1.165, 1.54) is 38.5 Å². The Hall–Kier alpha value is -4.81. The average Bonchev–Trinajstić information content (AvgIpc) is 3.38. The van der Waals surface area contributed by atoms with Crippen LogP contribution in [0.5, 0.6) is 17.2 Å². The normalized spacial score (nSPS) is 17.5. The molecule has 1 N–H and O–H groups in total. The minimum absolute atomic E-state index is 0.0453. The van der Waals surface area contributed by atoms with Gasteiger partial charge in [-0.3, -0.25) is 14.6 Å². The summed E-state index contributed by atoms with van der Waals surface area (Å²) in [7, 11) is -1.51. The number of carbonyl (C=O) groups excluding carboxylic acids is 2. The number of nitrogens with one attached hydrogen (secondary N) is 1. The van der Waals surface area contributed by atoms with Crippen LogP contribution in [0.25, 0.3) is 0 Å². The second kappa shape index (κ2) is 13.4. The molecule has 0 bridgehead atoms. The smallest absolute Gasteiger partial charge is 0.240 e.